The standard InChI is InChI=1S/C9H7F3O3S.C7H5ClFNO/c10-9(11,12)8-3-1-7(2-4-8)5-6-16(13,14)15;8-6-3-4(9)1-2-5(6)7(10)11/h1-6H,(H,13,14,15);1-3H,(H2,10,11)/b6-5+;. The summed E-state index contributed by atoms with van der Waals surface area (Å²) in [6.07, 6.45) is -3.43. The third-order valence-corrected chi connectivity index (χ3v) is 3.66. The topological polar surface area (TPSA) is 97.5 Å². The van der Waals surface area contributed by atoms with Crippen LogP contribution in [0.25, 0.3) is 6.08 Å². The van der Waals surface area contributed by atoms with Crippen LogP contribution >= 0.6 is 11.6 Å². The number of hydrogen-bond donors (Lipinski definition) is 2. The summed E-state index contributed by atoms with van der Waals surface area (Å²) in [6, 6.07) is 7.27. The molecule has 0 heterocycles. The van der Waals surface area contributed by atoms with Crippen LogP contribution in [0.4, 0.5) is 17.6 Å². The van der Waals surface area contributed by atoms with Crippen LogP contribution < -0.4 is 5.73 Å². The number of nitrogens with two attached hydrogens (primary N) is 1. The van der Waals surface area contributed by atoms with E-state index >= 15 is 0 Å². The van der Waals surface area contributed by atoms with Gasteiger partial charge in [0, 0.05) is 0 Å². The molecule has 0 aromatic heterocycles. The number of carbonyl (C=O) groups is 1. The fourth-order valence-electron chi connectivity index (χ4n) is 1.64. The average molecular weight is 426 g/mol. The molecule has 0 atom stereocenters. The molecule has 0 fully saturated rings. The first kappa shape index (κ1) is 22.6. The number of primary amides is 1. The number of benzene rings is 2. The number of halogens is 5. The van der Waals surface area contributed by atoms with Gasteiger partial charge in [0.2, 0.25) is 5.91 Å². The molecule has 0 radical (unpaired) electrons. The highest BCUT2D eigenvalue weighted by atomic mass is 35.5. The van der Waals surface area contributed by atoms with Crippen molar-refractivity contribution in [3.8, 4) is 0 Å². The van der Waals surface area contributed by atoms with Gasteiger partial charge in [0.15, 0.2) is 0 Å². The van der Waals surface area contributed by atoms with E-state index in [0.29, 0.717) is 5.41 Å². The van der Waals surface area contributed by atoms with Crippen LogP contribution in [0.3, 0.4) is 0 Å². The number of carbonyl (C=O) groups excluding carboxylic acids is 1. The maximum Gasteiger partial charge on any atom is 0.416 e. The molecule has 0 saturated carbocycles. The molecule has 1 amide bonds. The third kappa shape index (κ3) is 8.20. The van der Waals surface area contributed by atoms with Crippen molar-refractivity contribution < 1.29 is 35.3 Å². The van der Waals surface area contributed by atoms with E-state index in [1.807, 2.05) is 0 Å². The highest BCUT2D eigenvalue weighted by molar-refractivity contribution is 7.88. The third-order valence-electron chi connectivity index (χ3n) is 2.87. The smallest absolute Gasteiger partial charge is 0.366 e. The molecule has 2 rings (SSSR count). The van der Waals surface area contributed by atoms with Crippen molar-refractivity contribution in [1.29, 1.82) is 0 Å². The summed E-state index contributed by atoms with van der Waals surface area (Å²) in [5.41, 5.74) is 4.47. The minimum Gasteiger partial charge on any atom is -0.366 e. The van der Waals surface area contributed by atoms with Gasteiger partial charge in [0.25, 0.3) is 10.1 Å². The Balaban J connectivity index is 0.000000289. The summed E-state index contributed by atoms with van der Waals surface area (Å²) in [4.78, 5) is 10.5. The highest BCUT2D eigenvalue weighted by Gasteiger charge is 2.29. The normalized spacial score (nSPS) is 11.8. The maximum atomic E-state index is 12.4. The molecule has 0 aliphatic rings. The van der Waals surface area contributed by atoms with Gasteiger partial charge in [0.1, 0.15) is 5.82 Å². The van der Waals surface area contributed by atoms with Gasteiger partial charge >= 0.3 is 6.18 Å². The molecule has 3 N–H and O–H groups in total. The molecule has 0 bridgehead atoms. The minimum atomic E-state index is -4.43. The fraction of sp³-hybridized carbons (Fsp3) is 0.0625. The first-order valence-corrected chi connectivity index (χ1v) is 8.75. The second-order valence-electron chi connectivity index (χ2n) is 4.93. The summed E-state index contributed by atoms with van der Waals surface area (Å²) in [5.74, 6) is -1.14. The van der Waals surface area contributed by atoms with Crippen LogP contribution in [0, 0.1) is 5.82 Å². The van der Waals surface area contributed by atoms with Crippen LogP contribution in [-0.2, 0) is 16.3 Å². The van der Waals surface area contributed by atoms with Crippen LogP contribution in [0.5, 0.6) is 0 Å². The molecular weight excluding hydrogens is 414 g/mol. The van der Waals surface area contributed by atoms with Crippen LogP contribution in [0.1, 0.15) is 21.5 Å². The average Bonchev–Trinajstić information content (AvgIpc) is 2.52. The van der Waals surface area contributed by atoms with Gasteiger partial charge in [-0.25, -0.2) is 4.39 Å². The van der Waals surface area contributed by atoms with Crippen molar-refractivity contribution in [2.24, 2.45) is 5.73 Å². The molecule has 0 saturated heterocycles. The Morgan fingerprint density at radius 1 is 1.11 bits per heavy atom. The lowest BCUT2D eigenvalue weighted by Crippen LogP contribution is -2.11. The molecule has 11 heteroatoms. The maximum absolute atomic E-state index is 12.4. The van der Waals surface area contributed by atoms with Crippen molar-refractivity contribution >= 4 is 33.7 Å². The summed E-state index contributed by atoms with van der Waals surface area (Å²) in [5, 5.41) is 0.535. The first-order chi connectivity index (χ1) is 12.3. The molecule has 146 valence electrons. The Bertz CT molecular complexity index is 942. The Morgan fingerprint density at radius 2 is 1.67 bits per heavy atom. The van der Waals surface area contributed by atoms with Crippen molar-refractivity contribution in [1.82, 2.24) is 0 Å². The Kier molecular flexibility index (Phi) is 7.52. The molecule has 2 aromatic carbocycles. The SMILES string of the molecule is NC(=O)c1ccc(F)cc1Cl.O=S(=O)(O)/C=C/c1ccc(C(F)(F)F)cc1. The van der Waals surface area contributed by atoms with Crippen LogP contribution in [0.15, 0.2) is 47.9 Å². The van der Waals surface area contributed by atoms with Crippen molar-refractivity contribution in [2.45, 2.75) is 6.18 Å². The monoisotopic (exact) mass is 425 g/mol. The number of amides is 1. The quantitative estimate of drug-likeness (QED) is 0.570. The molecule has 0 spiro atoms. The Morgan fingerprint density at radius 3 is 2.07 bits per heavy atom. The largest absolute Gasteiger partial charge is 0.416 e. The Labute approximate surface area is 156 Å². The fourth-order valence-corrected chi connectivity index (χ4v) is 2.23. The van der Waals surface area contributed by atoms with Gasteiger partial charge in [0.05, 0.1) is 21.6 Å². The van der Waals surface area contributed by atoms with E-state index in [2.05, 4.69) is 0 Å². The number of rotatable bonds is 3. The van der Waals surface area contributed by atoms with E-state index in [4.69, 9.17) is 21.9 Å². The van der Waals surface area contributed by atoms with Crippen molar-refractivity contribution in [3.05, 3.63) is 75.4 Å². The molecule has 27 heavy (non-hydrogen) atoms. The highest BCUT2D eigenvalue weighted by Crippen LogP contribution is 2.29. The Hall–Kier alpha value is -2.43. The van der Waals surface area contributed by atoms with Crippen LogP contribution in [0.2, 0.25) is 5.02 Å². The zero-order chi connectivity index (χ0) is 20.8. The number of alkyl halides is 3. The van der Waals surface area contributed by atoms with Gasteiger partial charge in [-0.05, 0) is 42.0 Å². The van der Waals surface area contributed by atoms with E-state index in [1.54, 1.807) is 0 Å². The van der Waals surface area contributed by atoms with E-state index in [9.17, 15) is 30.8 Å². The van der Waals surface area contributed by atoms with Gasteiger partial charge in [-0.1, -0.05) is 23.7 Å². The van der Waals surface area contributed by atoms with Crippen LogP contribution in [-0.4, -0.2) is 18.9 Å². The first-order valence-electron chi connectivity index (χ1n) is 6.87. The minimum absolute atomic E-state index is 0.0394. The predicted octanol–water partition coefficient (Wildman–Crippen LogP) is 4.14. The molecule has 0 aliphatic heterocycles. The van der Waals surface area contributed by atoms with Gasteiger partial charge < -0.3 is 5.73 Å². The molecule has 0 unspecified atom stereocenters. The van der Waals surface area contributed by atoms with E-state index in [-0.39, 0.29) is 16.1 Å². The second-order valence-corrected chi connectivity index (χ2v) is 6.64. The second kappa shape index (κ2) is 8.98. The molecular formula is C16H12ClF4NO4S. The van der Waals surface area contributed by atoms with Crippen molar-refractivity contribution in [3.63, 3.8) is 0 Å². The zero-order valence-corrected chi connectivity index (χ0v) is 14.8. The number of hydrogen-bond acceptors (Lipinski definition) is 3. The summed E-state index contributed by atoms with van der Waals surface area (Å²) >= 11 is 5.48. The lowest BCUT2D eigenvalue weighted by Gasteiger charge is -2.05. The van der Waals surface area contributed by atoms with Gasteiger partial charge in [-0.15, -0.1) is 0 Å². The zero-order valence-electron chi connectivity index (χ0n) is 13.2. The van der Waals surface area contributed by atoms with Gasteiger partial charge in [-0.2, -0.15) is 21.6 Å². The summed E-state index contributed by atoms with van der Waals surface area (Å²) in [7, 11) is -4.26. The summed E-state index contributed by atoms with van der Waals surface area (Å²) < 4.78 is 77.8. The van der Waals surface area contributed by atoms with E-state index < -0.39 is 33.6 Å². The lowest BCUT2D eigenvalue weighted by molar-refractivity contribution is -0.137. The summed E-state index contributed by atoms with van der Waals surface area (Å²) in [6.45, 7) is 0. The lowest BCUT2D eigenvalue weighted by atomic mass is 10.1. The van der Waals surface area contributed by atoms with E-state index in [0.717, 1.165) is 42.5 Å². The van der Waals surface area contributed by atoms with E-state index in [1.165, 1.54) is 6.07 Å². The molecule has 0 aliphatic carbocycles. The molecule has 5 nitrogen and oxygen atoms in total. The van der Waals surface area contributed by atoms with Crippen molar-refractivity contribution in [2.75, 3.05) is 0 Å². The van der Waals surface area contributed by atoms with Gasteiger partial charge in [-0.3, -0.25) is 9.35 Å². The molecule has 2 aromatic rings. The predicted molar refractivity (Wildman–Crippen MR) is 92.0 cm³/mol.